The maximum atomic E-state index is 6.13. The van der Waals surface area contributed by atoms with Crippen LogP contribution in [-0.4, -0.2) is 18.6 Å². The molecule has 1 nitrogen and oxygen atoms in total. The van der Waals surface area contributed by atoms with Crippen molar-refractivity contribution in [3.8, 4) is 0 Å². The summed E-state index contributed by atoms with van der Waals surface area (Å²) in [5, 5.41) is 0. The lowest BCUT2D eigenvalue weighted by atomic mass is 9.75. The quantitative estimate of drug-likeness (QED) is 0.469. The van der Waals surface area contributed by atoms with Gasteiger partial charge in [-0.3, -0.25) is 0 Å². The van der Waals surface area contributed by atoms with Crippen molar-refractivity contribution in [1.29, 1.82) is 0 Å². The summed E-state index contributed by atoms with van der Waals surface area (Å²) in [7, 11) is 0. The standard InChI is InChI=1S/C15H29ClO/c1-12(2)14-8-7-13(3)11-15(14)17-10-6-4-5-9-16/h12-15H,4-11H2,1-3H3. The smallest absolute Gasteiger partial charge is 0.0608 e. The SMILES string of the molecule is CC1CCC(C(C)C)C(OCCCCCCl)C1. The van der Waals surface area contributed by atoms with E-state index in [2.05, 4.69) is 20.8 Å². The number of rotatable bonds is 7. The lowest BCUT2D eigenvalue weighted by molar-refractivity contribution is -0.0393. The molecule has 0 aliphatic heterocycles. The van der Waals surface area contributed by atoms with E-state index in [0.717, 1.165) is 36.7 Å². The summed E-state index contributed by atoms with van der Waals surface area (Å²) >= 11 is 5.67. The monoisotopic (exact) mass is 260 g/mol. The molecule has 3 atom stereocenters. The Bertz CT molecular complexity index is 193. The fraction of sp³-hybridized carbons (Fsp3) is 1.00. The fourth-order valence-corrected chi connectivity index (χ4v) is 3.10. The second kappa shape index (κ2) is 8.37. The highest BCUT2D eigenvalue weighted by atomic mass is 35.5. The number of hydrogen-bond acceptors (Lipinski definition) is 1. The van der Waals surface area contributed by atoms with Gasteiger partial charge in [-0.25, -0.2) is 0 Å². The zero-order valence-corrected chi connectivity index (χ0v) is 12.5. The van der Waals surface area contributed by atoms with E-state index >= 15 is 0 Å². The van der Waals surface area contributed by atoms with Crippen LogP contribution in [0.2, 0.25) is 0 Å². The zero-order chi connectivity index (χ0) is 12.7. The fourth-order valence-electron chi connectivity index (χ4n) is 2.91. The molecule has 17 heavy (non-hydrogen) atoms. The van der Waals surface area contributed by atoms with Gasteiger partial charge in [0.15, 0.2) is 0 Å². The molecule has 0 bridgehead atoms. The van der Waals surface area contributed by atoms with E-state index in [9.17, 15) is 0 Å². The summed E-state index contributed by atoms with van der Waals surface area (Å²) in [4.78, 5) is 0. The molecule has 0 amide bonds. The van der Waals surface area contributed by atoms with Gasteiger partial charge < -0.3 is 4.74 Å². The highest BCUT2D eigenvalue weighted by Crippen LogP contribution is 2.35. The average Bonchev–Trinajstić information content (AvgIpc) is 2.28. The van der Waals surface area contributed by atoms with E-state index in [1.165, 1.54) is 32.1 Å². The predicted octanol–water partition coefficient (Wildman–Crippen LogP) is 4.87. The Morgan fingerprint density at radius 1 is 1.18 bits per heavy atom. The Labute approximate surface area is 112 Å². The number of hydrogen-bond donors (Lipinski definition) is 0. The van der Waals surface area contributed by atoms with Gasteiger partial charge in [0.05, 0.1) is 6.10 Å². The van der Waals surface area contributed by atoms with Crippen LogP contribution in [0.5, 0.6) is 0 Å². The van der Waals surface area contributed by atoms with Crippen molar-refractivity contribution in [1.82, 2.24) is 0 Å². The van der Waals surface area contributed by atoms with Gasteiger partial charge in [0.25, 0.3) is 0 Å². The van der Waals surface area contributed by atoms with Crippen molar-refractivity contribution in [3.63, 3.8) is 0 Å². The zero-order valence-electron chi connectivity index (χ0n) is 11.8. The molecule has 1 aliphatic carbocycles. The van der Waals surface area contributed by atoms with E-state index in [4.69, 9.17) is 16.3 Å². The largest absolute Gasteiger partial charge is 0.378 e. The molecule has 0 aromatic heterocycles. The number of halogens is 1. The van der Waals surface area contributed by atoms with Crippen molar-refractivity contribution in [3.05, 3.63) is 0 Å². The molecule has 1 rings (SSSR count). The van der Waals surface area contributed by atoms with Crippen molar-refractivity contribution in [2.75, 3.05) is 12.5 Å². The summed E-state index contributed by atoms with van der Waals surface area (Å²) in [6, 6.07) is 0. The minimum Gasteiger partial charge on any atom is -0.378 e. The molecule has 0 spiro atoms. The first-order chi connectivity index (χ1) is 8.15. The first-order valence-corrected chi connectivity index (χ1v) is 7.86. The summed E-state index contributed by atoms with van der Waals surface area (Å²) < 4.78 is 6.13. The third-order valence-corrected chi connectivity index (χ3v) is 4.34. The summed E-state index contributed by atoms with van der Waals surface area (Å²) in [6.07, 6.45) is 8.01. The molecule has 3 unspecified atom stereocenters. The van der Waals surface area contributed by atoms with Crippen molar-refractivity contribution in [2.24, 2.45) is 17.8 Å². The normalized spacial score (nSPS) is 29.8. The molecule has 0 aromatic rings. The van der Waals surface area contributed by atoms with Gasteiger partial charge in [-0.05, 0) is 49.9 Å². The van der Waals surface area contributed by atoms with Crippen LogP contribution in [-0.2, 0) is 4.74 Å². The second-order valence-electron chi connectivity index (χ2n) is 5.98. The van der Waals surface area contributed by atoms with Crippen LogP contribution < -0.4 is 0 Å². The molecule has 0 N–H and O–H groups in total. The average molecular weight is 261 g/mol. The Morgan fingerprint density at radius 2 is 1.94 bits per heavy atom. The maximum Gasteiger partial charge on any atom is 0.0608 e. The van der Waals surface area contributed by atoms with Crippen molar-refractivity contribution < 1.29 is 4.74 Å². The first-order valence-electron chi connectivity index (χ1n) is 7.32. The summed E-state index contributed by atoms with van der Waals surface area (Å²) in [6.45, 7) is 7.97. The van der Waals surface area contributed by atoms with Gasteiger partial charge in [0, 0.05) is 12.5 Å². The first kappa shape index (κ1) is 15.3. The molecule has 2 heteroatoms. The van der Waals surface area contributed by atoms with E-state index in [0.29, 0.717) is 6.10 Å². The lowest BCUT2D eigenvalue weighted by Crippen LogP contribution is -2.34. The molecule has 102 valence electrons. The van der Waals surface area contributed by atoms with Crippen LogP contribution in [0.15, 0.2) is 0 Å². The summed E-state index contributed by atoms with van der Waals surface area (Å²) in [5.74, 6) is 3.17. The molecule has 0 saturated heterocycles. The minimum absolute atomic E-state index is 0.509. The molecule has 0 aromatic carbocycles. The molecular formula is C15H29ClO. The van der Waals surface area contributed by atoms with Gasteiger partial charge >= 0.3 is 0 Å². The second-order valence-corrected chi connectivity index (χ2v) is 6.36. The van der Waals surface area contributed by atoms with Gasteiger partial charge in [0.2, 0.25) is 0 Å². The molecule has 1 aliphatic rings. The number of alkyl halides is 1. The molecule has 1 fully saturated rings. The van der Waals surface area contributed by atoms with Gasteiger partial charge in [-0.15, -0.1) is 11.6 Å². The lowest BCUT2D eigenvalue weighted by Gasteiger charge is -2.37. The molecular weight excluding hydrogens is 232 g/mol. The Kier molecular flexibility index (Phi) is 7.54. The van der Waals surface area contributed by atoms with Crippen LogP contribution in [0.1, 0.15) is 59.3 Å². The maximum absolute atomic E-state index is 6.13. The van der Waals surface area contributed by atoms with Crippen LogP contribution >= 0.6 is 11.6 Å². The highest BCUT2D eigenvalue weighted by Gasteiger charge is 2.30. The number of ether oxygens (including phenoxy) is 1. The van der Waals surface area contributed by atoms with E-state index in [1.807, 2.05) is 0 Å². The van der Waals surface area contributed by atoms with Gasteiger partial charge in [-0.1, -0.05) is 27.2 Å². The van der Waals surface area contributed by atoms with Crippen LogP contribution in [0, 0.1) is 17.8 Å². The Morgan fingerprint density at radius 3 is 2.59 bits per heavy atom. The predicted molar refractivity (Wildman–Crippen MR) is 75.7 cm³/mol. The Balaban J connectivity index is 2.26. The van der Waals surface area contributed by atoms with Crippen molar-refractivity contribution >= 4 is 11.6 Å². The van der Waals surface area contributed by atoms with Crippen LogP contribution in [0.3, 0.4) is 0 Å². The molecule has 0 radical (unpaired) electrons. The van der Waals surface area contributed by atoms with E-state index in [1.54, 1.807) is 0 Å². The minimum atomic E-state index is 0.509. The van der Waals surface area contributed by atoms with Gasteiger partial charge in [-0.2, -0.15) is 0 Å². The third-order valence-electron chi connectivity index (χ3n) is 4.07. The number of unbranched alkanes of at least 4 members (excludes halogenated alkanes) is 2. The van der Waals surface area contributed by atoms with Crippen LogP contribution in [0.25, 0.3) is 0 Å². The topological polar surface area (TPSA) is 9.23 Å². The third kappa shape index (κ3) is 5.61. The van der Waals surface area contributed by atoms with Crippen LogP contribution in [0.4, 0.5) is 0 Å². The molecule has 0 heterocycles. The van der Waals surface area contributed by atoms with Crippen molar-refractivity contribution in [2.45, 2.75) is 65.4 Å². The van der Waals surface area contributed by atoms with E-state index in [-0.39, 0.29) is 0 Å². The van der Waals surface area contributed by atoms with E-state index < -0.39 is 0 Å². The Hall–Kier alpha value is 0.250. The summed E-state index contributed by atoms with van der Waals surface area (Å²) in [5.41, 5.74) is 0. The van der Waals surface area contributed by atoms with Gasteiger partial charge in [0.1, 0.15) is 0 Å². The molecule has 1 saturated carbocycles. The highest BCUT2D eigenvalue weighted by molar-refractivity contribution is 6.17.